The lowest BCUT2D eigenvalue weighted by atomic mass is 10.0. The second kappa shape index (κ2) is 8.04. The molecule has 27 heavy (non-hydrogen) atoms. The SMILES string of the molecule is CN(c1nccc(N2CCOCC2)n1)C1CCCN(c2ccc(F)cn2)C1. The Morgan fingerprint density at radius 2 is 1.93 bits per heavy atom. The van der Waals surface area contributed by atoms with Crippen molar-refractivity contribution < 1.29 is 9.13 Å². The molecule has 0 amide bonds. The molecule has 1 unspecified atom stereocenters. The molecule has 8 heteroatoms. The summed E-state index contributed by atoms with van der Waals surface area (Å²) >= 11 is 0. The number of ether oxygens (including phenoxy) is 1. The minimum atomic E-state index is -0.308. The van der Waals surface area contributed by atoms with Crippen LogP contribution in [0.2, 0.25) is 0 Å². The minimum Gasteiger partial charge on any atom is -0.378 e. The summed E-state index contributed by atoms with van der Waals surface area (Å²) in [5, 5.41) is 0. The molecule has 144 valence electrons. The second-order valence-corrected chi connectivity index (χ2v) is 7.00. The van der Waals surface area contributed by atoms with Crippen LogP contribution in [0.1, 0.15) is 12.8 Å². The van der Waals surface area contributed by atoms with Crippen molar-refractivity contribution in [3.8, 4) is 0 Å². The fraction of sp³-hybridized carbons (Fsp3) is 0.526. The van der Waals surface area contributed by atoms with E-state index in [1.54, 1.807) is 6.07 Å². The molecule has 0 saturated carbocycles. The summed E-state index contributed by atoms with van der Waals surface area (Å²) in [4.78, 5) is 20.1. The van der Waals surface area contributed by atoms with Crippen LogP contribution in [0.4, 0.5) is 22.0 Å². The fourth-order valence-electron chi connectivity index (χ4n) is 3.68. The number of piperidine rings is 1. The number of hydrogen-bond donors (Lipinski definition) is 0. The molecule has 2 aromatic heterocycles. The highest BCUT2D eigenvalue weighted by Gasteiger charge is 2.26. The Balaban J connectivity index is 1.47. The van der Waals surface area contributed by atoms with Gasteiger partial charge in [0, 0.05) is 45.5 Å². The van der Waals surface area contributed by atoms with Crippen molar-refractivity contribution in [2.45, 2.75) is 18.9 Å². The summed E-state index contributed by atoms with van der Waals surface area (Å²) in [7, 11) is 2.05. The summed E-state index contributed by atoms with van der Waals surface area (Å²) in [6.45, 7) is 4.92. The second-order valence-electron chi connectivity index (χ2n) is 7.00. The van der Waals surface area contributed by atoms with E-state index < -0.39 is 0 Å². The van der Waals surface area contributed by atoms with Gasteiger partial charge in [-0.3, -0.25) is 0 Å². The van der Waals surface area contributed by atoms with Crippen molar-refractivity contribution >= 4 is 17.6 Å². The van der Waals surface area contributed by atoms with Gasteiger partial charge in [0.2, 0.25) is 5.95 Å². The molecule has 0 radical (unpaired) electrons. The number of nitrogens with zero attached hydrogens (tertiary/aromatic N) is 6. The summed E-state index contributed by atoms with van der Waals surface area (Å²) in [5.41, 5.74) is 0. The van der Waals surface area contributed by atoms with Crippen LogP contribution >= 0.6 is 0 Å². The Labute approximate surface area is 158 Å². The van der Waals surface area contributed by atoms with Gasteiger partial charge in [-0.2, -0.15) is 4.98 Å². The van der Waals surface area contributed by atoms with Crippen molar-refractivity contribution in [1.29, 1.82) is 0 Å². The van der Waals surface area contributed by atoms with E-state index in [4.69, 9.17) is 9.72 Å². The van der Waals surface area contributed by atoms with Crippen LogP contribution < -0.4 is 14.7 Å². The van der Waals surface area contributed by atoms with Crippen molar-refractivity contribution in [2.24, 2.45) is 0 Å². The zero-order valence-electron chi connectivity index (χ0n) is 15.6. The molecule has 2 aliphatic heterocycles. The van der Waals surface area contributed by atoms with E-state index >= 15 is 0 Å². The lowest BCUT2D eigenvalue weighted by Crippen LogP contribution is -2.47. The third-order valence-corrected chi connectivity index (χ3v) is 5.26. The largest absolute Gasteiger partial charge is 0.378 e. The fourth-order valence-corrected chi connectivity index (χ4v) is 3.68. The third kappa shape index (κ3) is 4.10. The van der Waals surface area contributed by atoms with E-state index in [0.29, 0.717) is 0 Å². The van der Waals surface area contributed by atoms with Gasteiger partial charge in [-0.1, -0.05) is 0 Å². The molecule has 0 bridgehead atoms. The number of likely N-dealkylation sites (N-methyl/N-ethyl adjacent to an activating group) is 1. The molecule has 2 saturated heterocycles. The average molecular weight is 372 g/mol. The molecule has 4 rings (SSSR count). The van der Waals surface area contributed by atoms with E-state index in [1.807, 2.05) is 19.3 Å². The molecule has 0 aliphatic carbocycles. The zero-order valence-corrected chi connectivity index (χ0v) is 15.6. The average Bonchev–Trinajstić information content (AvgIpc) is 2.74. The minimum absolute atomic E-state index is 0.283. The van der Waals surface area contributed by atoms with E-state index in [1.165, 1.54) is 12.3 Å². The van der Waals surface area contributed by atoms with Crippen molar-refractivity contribution in [1.82, 2.24) is 15.0 Å². The predicted molar refractivity (Wildman–Crippen MR) is 103 cm³/mol. The van der Waals surface area contributed by atoms with Crippen molar-refractivity contribution in [3.05, 3.63) is 36.4 Å². The smallest absolute Gasteiger partial charge is 0.227 e. The zero-order chi connectivity index (χ0) is 18.6. The maximum atomic E-state index is 13.2. The molecule has 7 nitrogen and oxygen atoms in total. The van der Waals surface area contributed by atoms with Gasteiger partial charge in [0.1, 0.15) is 17.5 Å². The first-order chi connectivity index (χ1) is 13.2. The van der Waals surface area contributed by atoms with Crippen LogP contribution in [0.5, 0.6) is 0 Å². The van der Waals surface area contributed by atoms with E-state index in [0.717, 1.165) is 69.8 Å². The van der Waals surface area contributed by atoms with Gasteiger partial charge in [0.05, 0.1) is 19.4 Å². The Morgan fingerprint density at radius 3 is 2.70 bits per heavy atom. The molecule has 1 atom stereocenters. The van der Waals surface area contributed by atoms with Gasteiger partial charge in [-0.15, -0.1) is 0 Å². The Morgan fingerprint density at radius 1 is 1.07 bits per heavy atom. The quantitative estimate of drug-likeness (QED) is 0.813. The van der Waals surface area contributed by atoms with Crippen LogP contribution in [-0.2, 0) is 4.74 Å². The molecule has 0 N–H and O–H groups in total. The Bertz CT molecular complexity index is 752. The molecule has 0 aromatic carbocycles. The molecule has 4 heterocycles. The van der Waals surface area contributed by atoms with E-state index in [2.05, 4.69) is 24.7 Å². The highest BCUT2D eigenvalue weighted by molar-refractivity contribution is 5.45. The maximum absolute atomic E-state index is 13.2. The number of morpholine rings is 1. The number of anilines is 3. The molecule has 2 aromatic rings. The monoisotopic (exact) mass is 372 g/mol. The highest BCUT2D eigenvalue weighted by Crippen LogP contribution is 2.23. The van der Waals surface area contributed by atoms with Gasteiger partial charge in [-0.25, -0.2) is 14.4 Å². The lowest BCUT2D eigenvalue weighted by Gasteiger charge is -2.38. The number of halogens is 1. The van der Waals surface area contributed by atoms with Gasteiger partial charge < -0.3 is 19.4 Å². The van der Waals surface area contributed by atoms with Crippen LogP contribution in [0.3, 0.4) is 0 Å². The first-order valence-corrected chi connectivity index (χ1v) is 9.46. The van der Waals surface area contributed by atoms with Crippen molar-refractivity contribution in [3.63, 3.8) is 0 Å². The van der Waals surface area contributed by atoms with Crippen LogP contribution in [0.15, 0.2) is 30.6 Å². The van der Waals surface area contributed by atoms with Crippen molar-refractivity contribution in [2.75, 3.05) is 61.1 Å². The number of pyridine rings is 1. The number of aromatic nitrogens is 3. The van der Waals surface area contributed by atoms with E-state index in [9.17, 15) is 4.39 Å². The van der Waals surface area contributed by atoms with Crippen LogP contribution in [-0.4, -0.2) is 67.4 Å². The van der Waals surface area contributed by atoms with Crippen LogP contribution in [0, 0.1) is 5.82 Å². The van der Waals surface area contributed by atoms with Gasteiger partial charge in [-0.05, 0) is 31.0 Å². The maximum Gasteiger partial charge on any atom is 0.227 e. The number of rotatable bonds is 4. The summed E-state index contributed by atoms with van der Waals surface area (Å²) < 4.78 is 18.6. The Kier molecular flexibility index (Phi) is 5.33. The molecular weight excluding hydrogens is 347 g/mol. The van der Waals surface area contributed by atoms with Crippen LogP contribution in [0.25, 0.3) is 0 Å². The predicted octanol–water partition coefficient (Wildman–Crippen LogP) is 1.95. The van der Waals surface area contributed by atoms with Gasteiger partial charge in [0.25, 0.3) is 0 Å². The first-order valence-electron chi connectivity index (χ1n) is 9.46. The van der Waals surface area contributed by atoms with Gasteiger partial charge in [0.15, 0.2) is 0 Å². The standard InChI is InChI=1S/C19H25FN6O/c1-24(19-21-7-6-18(23-19)25-9-11-27-12-10-25)16-3-2-8-26(14-16)17-5-4-15(20)13-22-17/h4-7,13,16H,2-3,8-12,14H2,1H3. The molecule has 2 aliphatic rings. The number of hydrogen-bond acceptors (Lipinski definition) is 7. The molecule has 0 spiro atoms. The summed E-state index contributed by atoms with van der Waals surface area (Å²) in [6, 6.07) is 5.45. The topological polar surface area (TPSA) is 57.6 Å². The highest BCUT2D eigenvalue weighted by atomic mass is 19.1. The normalized spacial score (nSPS) is 20.6. The summed E-state index contributed by atoms with van der Waals surface area (Å²) in [5.74, 6) is 2.19. The van der Waals surface area contributed by atoms with Gasteiger partial charge >= 0.3 is 0 Å². The lowest BCUT2D eigenvalue weighted by molar-refractivity contribution is 0.122. The molecule has 2 fully saturated rings. The Hall–Kier alpha value is -2.48. The summed E-state index contributed by atoms with van der Waals surface area (Å²) in [6.07, 6.45) is 5.22. The third-order valence-electron chi connectivity index (χ3n) is 5.26. The molecular formula is C19H25FN6O. The van der Waals surface area contributed by atoms with E-state index in [-0.39, 0.29) is 11.9 Å². The first kappa shape index (κ1) is 17.9.